The van der Waals surface area contributed by atoms with Gasteiger partial charge in [0.15, 0.2) is 0 Å². The molecule has 1 atom stereocenters. The van der Waals surface area contributed by atoms with Crippen molar-refractivity contribution >= 4 is 5.84 Å². The highest BCUT2D eigenvalue weighted by Crippen LogP contribution is 2.28. The Morgan fingerprint density at radius 3 is 2.31 bits per heavy atom. The molecule has 3 N–H and O–H groups in total. The summed E-state index contributed by atoms with van der Waals surface area (Å²) in [5.41, 5.74) is 5.00. The third-order valence-corrected chi connectivity index (χ3v) is 3.09. The van der Waals surface area contributed by atoms with E-state index in [9.17, 15) is 13.2 Å². The second-order valence-electron chi connectivity index (χ2n) is 4.53. The smallest absolute Gasteiger partial charge is 0.387 e. The lowest BCUT2D eigenvalue weighted by Gasteiger charge is -2.33. The van der Waals surface area contributed by atoms with Gasteiger partial charge in [-0.1, -0.05) is 6.92 Å². The van der Waals surface area contributed by atoms with Gasteiger partial charge in [-0.3, -0.25) is 5.41 Å². The molecule has 0 saturated carbocycles. The van der Waals surface area contributed by atoms with Crippen molar-refractivity contribution in [2.24, 2.45) is 17.6 Å². The van der Waals surface area contributed by atoms with Crippen LogP contribution in [0.15, 0.2) is 0 Å². The minimum atomic E-state index is -4.41. The van der Waals surface area contributed by atoms with Crippen LogP contribution in [0.1, 0.15) is 19.8 Å². The number of amidine groups is 1. The highest BCUT2D eigenvalue weighted by Gasteiger charge is 2.42. The van der Waals surface area contributed by atoms with Crippen LogP contribution in [0.25, 0.3) is 0 Å². The first-order valence-corrected chi connectivity index (χ1v) is 5.43. The standard InChI is InChI=1S/C10H18F3N3/c1-7-2-4-16(5-3-7)6-8(9(14)15)10(11,12)13/h7-8H,2-6H2,1H3,(H3,14,15). The quantitative estimate of drug-likeness (QED) is 0.581. The first-order valence-electron chi connectivity index (χ1n) is 5.43. The van der Waals surface area contributed by atoms with Crippen molar-refractivity contribution in [2.45, 2.75) is 25.9 Å². The van der Waals surface area contributed by atoms with E-state index >= 15 is 0 Å². The van der Waals surface area contributed by atoms with Gasteiger partial charge in [-0.15, -0.1) is 0 Å². The number of alkyl halides is 3. The van der Waals surface area contributed by atoms with E-state index < -0.39 is 17.9 Å². The molecule has 0 aromatic carbocycles. The van der Waals surface area contributed by atoms with Gasteiger partial charge in [-0.05, 0) is 31.8 Å². The second kappa shape index (κ2) is 5.03. The summed E-state index contributed by atoms with van der Waals surface area (Å²) >= 11 is 0. The molecule has 0 spiro atoms. The predicted octanol–water partition coefficient (Wildman–Crippen LogP) is 1.83. The molecule has 0 bridgehead atoms. The van der Waals surface area contributed by atoms with E-state index in [0.717, 1.165) is 12.8 Å². The molecule has 0 aliphatic carbocycles. The summed E-state index contributed by atoms with van der Waals surface area (Å²) < 4.78 is 37.7. The average molecular weight is 237 g/mol. The third kappa shape index (κ3) is 3.66. The molecule has 1 aliphatic rings. The van der Waals surface area contributed by atoms with E-state index in [1.807, 2.05) is 0 Å². The molecule has 1 saturated heterocycles. The van der Waals surface area contributed by atoms with Gasteiger partial charge in [0, 0.05) is 6.54 Å². The van der Waals surface area contributed by atoms with Crippen molar-refractivity contribution in [3.8, 4) is 0 Å². The van der Waals surface area contributed by atoms with Gasteiger partial charge in [-0.2, -0.15) is 13.2 Å². The van der Waals surface area contributed by atoms with E-state index in [-0.39, 0.29) is 6.54 Å². The third-order valence-electron chi connectivity index (χ3n) is 3.09. The minimum absolute atomic E-state index is 0.175. The number of nitrogens with two attached hydrogens (primary N) is 1. The van der Waals surface area contributed by atoms with Gasteiger partial charge in [0.1, 0.15) is 11.8 Å². The van der Waals surface area contributed by atoms with Gasteiger partial charge in [-0.25, -0.2) is 0 Å². The number of likely N-dealkylation sites (tertiary alicyclic amines) is 1. The van der Waals surface area contributed by atoms with Gasteiger partial charge in [0.2, 0.25) is 0 Å². The summed E-state index contributed by atoms with van der Waals surface area (Å²) in [6, 6.07) is 0. The molecule has 1 unspecified atom stereocenters. The summed E-state index contributed by atoms with van der Waals surface area (Å²) in [7, 11) is 0. The number of hydrogen-bond donors (Lipinski definition) is 2. The molecule has 1 heterocycles. The summed E-state index contributed by atoms with van der Waals surface area (Å²) in [6.07, 6.45) is -2.57. The van der Waals surface area contributed by atoms with Crippen LogP contribution in [0, 0.1) is 17.2 Å². The molecule has 0 amide bonds. The maximum absolute atomic E-state index is 12.6. The molecule has 1 rings (SSSR count). The maximum Gasteiger partial charge on any atom is 0.399 e. The van der Waals surface area contributed by atoms with Crippen LogP contribution >= 0.6 is 0 Å². The average Bonchev–Trinajstić information content (AvgIpc) is 2.14. The lowest BCUT2D eigenvalue weighted by atomic mass is 9.97. The lowest BCUT2D eigenvalue weighted by molar-refractivity contribution is -0.160. The van der Waals surface area contributed by atoms with E-state index in [2.05, 4.69) is 6.92 Å². The topological polar surface area (TPSA) is 53.1 Å². The molecule has 1 fully saturated rings. The predicted molar refractivity (Wildman–Crippen MR) is 56.3 cm³/mol. The van der Waals surface area contributed by atoms with E-state index in [1.165, 1.54) is 0 Å². The van der Waals surface area contributed by atoms with Crippen molar-refractivity contribution in [1.29, 1.82) is 5.41 Å². The Morgan fingerprint density at radius 2 is 1.94 bits per heavy atom. The highest BCUT2D eigenvalue weighted by atomic mass is 19.4. The van der Waals surface area contributed by atoms with Crippen molar-refractivity contribution in [3.63, 3.8) is 0 Å². The van der Waals surface area contributed by atoms with E-state index in [4.69, 9.17) is 11.1 Å². The van der Waals surface area contributed by atoms with E-state index in [0.29, 0.717) is 19.0 Å². The monoisotopic (exact) mass is 237 g/mol. The summed E-state index contributed by atoms with van der Waals surface area (Å²) in [5.74, 6) is -2.02. The van der Waals surface area contributed by atoms with Crippen LogP contribution in [-0.2, 0) is 0 Å². The molecule has 0 aromatic heterocycles. The summed E-state index contributed by atoms with van der Waals surface area (Å²) in [5, 5.41) is 7.00. The SMILES string of the molecule is CC1CCN(CC(C(=N)N)C(F)(F)F)CC1. The van der Waals surface area contributed by atoms with Crippen molar-refractivity contribution < 1.29 is 13.2 Å². The van der Waals surface area contributed by atoms with Crippen LogP contribution in [0.4, 0.5) is 13.2 Å². The largest absolute Gasteiger partial charge is 0.399 e. The number of halogens is 3. The van der Waals surface area contributed by atoms with Crippen LogP contribution in [0.2, 0.25) is 0 Å². The van der Waals surface area contributed by atoms with Crippen LogP contribution < -0.4 is 5.73 Å². The van der Waals surface area contributed by atoms with Gasteiger partial charge < -0.3 is 10.6 Å². The zero-order valence-corrected chi connectivity index (χ0v) is 9.35. The van der Waals surface area contributed by atoms with Crippen LogP contribution in [0.3, 0.4) is 0 Å². The fourth-order valence-electron chi connectivity index (χ4n) is 1.88. The molecule has 6 heteroatoms. The molecule has 0 radical (unpaired) electrons. The van der Waals surface area contributed by atoms with Gasteiger partial charge in [0.25, 0.3) is 0 Å². The normalized spacial score (nSPS) is 22.0. The van der Waals surface area contributed by atoms with Crippen molar-refractivity contribution in [2.75, 3.05) is 19.6 Å². The Morgan fingerprint density at radius 1 is 1.44 bits per heavy atom. The Bertz CT molecular complexity index is 244. The van der Waals surface area contributed by atoms with Gasteiger partial charge >= 0.3 is 6.18 Å². The molecular formula is C10H18F3N3. The molecule has 94 valence electrons. The maximum atomic E-state index is 12.6. The Kier molecular flexibility index (Phi) is 4.18. The number of piperidine rings is 1. The molecule has 3 nitrogen and oxygen atoms in total. The number of nitrogens with zero attached hydrogens (tertiary/aromatic N) is 1. The molecular weight excluding hydrogens is 219 g/mol. The molecule has 0 aromatic rings. The first kappa shape index (κ1) is 13.3. The summed E-state index contributed by atoms with van der Waals surface area (Å²) in [6.45, 7) is 3.26. The Labute approximate surface area is 93.3 Å². The Hall–Kier alpha value is -0.780. The molecule has 1 aliphatic heterocycles. The minimum Gasteiger partial charge on any atom is -0.387 e. The van der Waals surface area contributed by atoms with Crippen molar-refractivity contribution in [1.82, 2.24) is 4.90 Å². The highest BCUT2D eigenvalue weighted by molar-refractivity contribution is 5.80. The second-order valence-corrected chi connectivity index (χ2v) is 4.53. The van der Waals surface area contributed by atoms with Crippen molar-refractivity contribution in [3.05, 3.63) is 0 Å². The van der Waals surface area contributed by atoms with Crippen LogP contribution in [0.5, 0.6) is 0 Å². The fraction of sp³-hybridized carbons (Fsp3) is 0.900. The number of nitrogens with one attached hydrogen (secondary N) is 1. The Balaban J connectivity index is 2.53. The van der Waals surface area contributed by atoms with Crippen LogP contribution in [-0.4, -0.2) is 36.5 Å². The summed E-state index contributed by atoms with van der Waals surface area (Å²) in [4.78, 5) is 1.75. The zero-order valence-electron chi connectivity index (χ0n) is 9.35. The number of hydrogen-bond acceptors (Lipinski definition) is 2. The fourth-order valence-corrected chi connectivity index (χ4v) is 1.88. The molecule has 16 heavy (non-hydrogen) atoms. The zero-order chi connectivity index (χ0) is 12.3. The number of rotatable bonds is 3. The van der Waals surface area contributed by atoms with Gasteiger partial charge in [0.05, 0.1) is 0 Å². The van der Waals surface area contributed by atoms with E-state index in [1.54, 1.807) is 4.90 Å². The lowest BCUT2D eigenvalue weighted by Crippen LogP contribution is -2.46. The first-order chi connectivity index (χ1) is 7.30.